The van der Waals surface area contributed by atoms with Crippen molar-refractivity contribution in [1.29, 1.82) is 0 Å². The van der Waals surface area contributed by atoms with Crippen LogP contribution in [0.15, 0.2) is 48.5 Å². The lowest BCUT2D eigenvalue weighted by atomic mass is 9.92. The molecule has 0 fully saturated rings. The molecule has 2 aromatic carbocycles. The Bertz CT molecular complexity index is 1210. The van der Waals surface area contributed by atoms with Gasteiger partial charge in [0.05, 0.1) is 11.4 Å². The van der Waals surface area contributed by atoms with E-state index in [1.807, 2.05) is 18.2 Å². The first-order valence-corrected chi connectivity index (χ1v) is 12.9. The van der Waals surface area contributed by atoms with Crippen LogP contribution in [-0.4, -0.2) is 39.6 Å². The molecule has 0 atom stereocenters. The van der Waals surface area contributed by atoms with E-state index in [2.05, 4.69) is 39.9 Å². The predicted octanol–water partition coefficient (Wildman–Crippen LogP) is 7.26. The largest absolute Gasteiger partial charge is 0.329 e. The lowest BCUT2D eigenvalue weighted by Crippen LogP contribution is -2.39. The number of nitrogens with one attached hydrogen (secondary N) is 1. The van der Waals surface area contributed by atoms with Crippen molar-refractivity contribution in [2.75, 3.05) is 18.4 Å². The number of halogens is 3. The minimum atomic E-state index is -0.337. The summed E-state index contributed by atoms with van der Waals surface area (Å²) in [6.45, 7) is 10.6. The molecule has 1 N–H and O–H groups in total. The maximum absolute atomic E-state index is 13.3. The zero-order valence-electron chi connectivity index (χ0n) is 21.1. The molecule has 3 rings (SSSR count). The number of rotatable bonds is 8. The molecule has 0 saturated carbocycles. The Morgan fingerprint density at radius 1 is 0.972 bits per heavy atom. The van der Waals surface area contributed by atoms with Gasteiger partial charge in [-0.2, -0.15) is 5.10 Å². The lowest BCUT2D eigenvalue weighted by molar-refractivity contribution is -0.117. The SMILES string of the molecule is CC(C)CCN(CC(=O)Nc1cc(C(C)(C)C)nn1-c1ccc(Cl)cc1)C(=O)c1cc(Cl)cc(Cl)c1. The minimum Gasteiger partial charge on any atom is -0.329 e. The van der Waals surface area contributed by atoms with E-state index in [-0.39, 0.29) is 23.8 Å². The van der Waals surface area contributed by atoms with Gasteiger partial charge in [-0.3, -0.25) is 9.59 Å². The van der Waals surface area contributed by atoms with Crippen LogP contribution in [0.3, 0.4) is 0 Å². The molecular formula is C27H31Cl3N4O2. The average Bonchev–Trinajstić information content (AvgIpc) is 3.20. The summed E-state index contributed by atoms with van der Waals surface area (Å²) in [5.41, 5.74) is 1.67. The van der Waals surface area contributed by atoms with Crippen molar-refractivity contribution in [2.24, 2.45) is 5.92 Å². The second-order valence-corrected chi connectivity index (χ2v) is 11.5. The molecule has 192 valence electrons. The van der Waals surface area contributed by atoms with E-state index in [0.717, 1.165) is 17.8 Å². The van der Waals surface area contributed by atoms with Gasteiger partial charge in [0, 0.05) is 38.7 Å². The third-order valence-corrected chi connectivity index (χ3v) is 6.21. The Morgan fingerprint density at radius 2 is 1.58 bits per heavy atom. The van der Waals surface area contributed by atoms with E-state index < -0.39 is 0 Å². The van der Waals surface area contributed by atoms with Gasteiger partial charge in [-0.15, -0.1) is 0 Å². The van der Waals surface area contributed by atoms with Gasteiger partial charge in [0.2, 0.25) is 5.91 Å². The summed E-state index contributed by atoms with van der Waals surface area (Å²) in [6, 6.07) is 13.7. The van der Waals surface area contributed by atoms with E-state index in [9.17, 15) is 9.59 Å². The standard InChI is InChI=1S/C27H31Cl3N4O2/c1-17(2)10-11-33(26(36)18-12-20(29)14-21(30)13-18)16-25(35)31-24-15-23(27(3,4)5)32-34(24)22-8-6-19(28)7-9-22/h6-9,12-15,17H,10-11,16H2,1-5H3,(H,31,35). The highest BCUT2D eigenvalue weighted by Crippen LogP contribution is 2.27. The Kier molecular flexibility index (Phi) is 9.09. The normalized spacial score (nSPS) is 11.6. The summed E-state index contributed by atoms with van der Waals surface area (Å²) >= 11 is 18.3. The predicted molar refractivity (Wildman–Crippen MR) is 148 cm³/mol. The van der Waals surface area contributed by atoms with Gasteiger partial charge in [0.25, 0.3) is 5.91 Å². The molecule has 6 nitrogen and oxygen atoms in total. The van der Waals surface area contributed by atoms with Crippen molar-refractivity contribution >= 4 is 52.4 Å². The van der Waals surface area contributed by atoms with Gasteiger partial charge in [-0.25, -0.2) is 4.68 Å². The Morgan fingerprint density at radius 3 is 2.14 bits per heavy atom. The molecule has 1 aromatic heterocycles. The first-order valence-electron chi connectivity index (χ1n) is 11.7. The molecule has 0 radical (unpaired) electrons. The third-order valence-electron chi connectivity index (χ3n) is 5.52. The maximum Gasteiger partial charge on any atom is 0.254 e. The zero-order chi connectivity index (χ0) is 26.6. The van der Waals surface area contributed by atoms with Crippen LogP contribution in [0, 0.1) is 5.92 Å². The van der Waals surface area contributed by atoms with Crippen molar-refractivity contribution in [3.8, 4) is 5.69 Å². The fourth-order valence-electron chi connectivity index (χ4n) is 3.50. The summed E-state index contributed by atoms with van der Waals surface area (Å²) in [6.07, 6.45) is 0.740. The number of anilines is 1. The smallest absolute Gasteiger partial charge is 0.254 e. The monoisotopic (exact) mass is 548 g/mol. The minimum absolute atomic E-state index is 0.133. The topological polar surface area (TPSA) is 67.2 Å². The average molecular weight is 550 g/mol. The van der Waals surface area contributed by atoms with Crippen LogP contribution in [0.2, 0.25) is 15.1 Å². The van der Waals surface area contributed by atoms with Gasteiger partial charge in [-0.05, 0) is 54.8 Å². The van der Waals surface area contributed by atoms with Crippen LogP contribution in [-0.2, 0) is 10.2 Å². The summed E-state index contributed by atoms with van der Waals surface area (Å²) in [5, 5.41) is 9.00. The van der Waals surface area contributed by atoms with Crippen LogP contribution < -0.4 is 5.32 Å². The summed E-state index contributed by atoms with van der Waals surface area (Å²) in [4.78, 5) is 28.0. The molecule has 0 aliphatic heterocycles. The van der Waals surface area contributed by atoms with E-state index in [1.165, 1.54) is 4.90 Å². The second kappa shape index (κ2) is 11.7. The molecule has 1 heterocycles. The van der Waals surface area contributed by atoms with E-state index in [4.69, 9.17) is 39.9 Å². The Labute approximate surface area is 227 Å². The number of carbonyl (C=O) groups excluding carboxylic acids is 2. The van der Waals surface area contributed by atoms with Crippen molar-refractivity contribution in [3.05, 3.63) is 74.9 Å². The number of benzene rings is 2. The summed E-state index contributed by atoms with van der Waals surface area (Å²) in [7, 11) is 0. The number of carbonyl (C=O) groups is 2. The first kappa shape index (κ1) is 28.0. The molecule has 0 spiro atoms. The highest BCUT2D eigenvalue weighted by atomic mass is 35.5. The van der Waals surface area contributed by atoms with Crippen molar-refractivity contribution < 1.29 is 9.59 Å². The molecule has 0 bridgehead atoms. The zero-order valence-corrected chi connectivity index (χ0v) is 23.4. The van der Waals surface area contributed by atoms with Crippen molar-refractivity contribution in [2.45, 2.75) is 46.5 Å². The van der Waals surface area contributed by atoms with Gasteiger partial charge in [0.1, 0.15) is 12.4 Å². The molecule has 3 aromatic rings. The molecule has 0 saturated heterocycles. The van der Waals surface area contributed by atoms with Gasteiger partial charge < -0.3 is 10.2 Å². The third kappa shape index (κ3) is 7.48. The molecular weight excluding hydrogens is 519 g/mol. The molecule has 2 amide bonds. The van der Waals surface area contributed by atoms with E-state index in [1.54, 1.807) is 35.0 Å². The van der Waals surface area contributed by atoms with E-state index >= 15 is 0 Å². The summed E-state index contributed by atoms with van der Waals surface area (Å²) < 4.78 is 1.67. The van der Waals surface area contributed by atoms with Crippen LogP contribution in [0.5, 0.6) is 0 Å². The Balaban J connectivity index is 1.88. The molecule has 0 unspecified atom stereocenters. The number of nitrogens with zero attached hydrogens (tertiary/aromatic N) is 3. The second-order valence-electron chi connectivity index (χ2n) is 10.2. The number of amides is 2. The fraction of sp³-hybridized carbons (Fsp3) is 0.370. The van der Waals surface area contributed by atoms with Crippen LogP contribution in [0.25, 0.3) is 5.69 Å². The highest BCUT2D eigenvalue weighted by molar-refractivity contribution is 6.35. The first-order chi connectivity index (χ1) is 16.8. The number of aromatic nitrogens is 2. The van der Waals surface area contributed by atoms with Crippen molar-refractivity contribution in [3.63, 3.8) is 0 Å². The van der Waals surface area contributed by atoms with Crippen LogP contribution in [0.1, 0.15) is 57.1 Å². The fourth-order valence-corrected chi connectivity index (χ4v) is 4.15. The highest BCUT2D eigenvalue weighted by Gasteiger charge is 2.24. The van der Waals surface area contributed by atoms with Gasteiger partial charge in [-0.1, -0.05) is 69.4 Å². The quantitative estimate of drug-likeness (QED) is 0.322. The van der Waals surface area contributed by atoms with E-state index in [0.29, 0.717) is 38.9 Å². The number of hydrogen-bond donors (Lipinski definition) is 1. The Hall–Kier alpha value is -2.54. The molecule has 0 aliphatic rings. The van der Waals surface area contributed by atoms with Crippen molar-refractivity contribution in [1.82, 2.24) is 14.7 Å². The summed E-state index contributed by atoms with van der Waals surface area (Å²) in [5.74, 6) is 0.217. The molecule has 0 aliphatic carbocycles. The molecule has 9 heteroatoms. The van der Waals surface area contributed by atoms with Crippen LogP contribution >= 0.6 is 34.8 Å². The maximum atomic E-state index is 13.3. The lowest BCUT2D eigenvalue weighted by Gasteiger charge is -2.23. The molecule has 36 heavy (non-hydrogen) atoms. The van der Waals surface area contributed by atoms with Crippen LogP contribution in [0.4, 0.5) is 5.82 Å². The van der Waals surface area contributed by atoms with Gasteiger partial charge >= 0.3 is 0 Å². The number of hydrogen-bond acceptors (Lipinski definition) is 3. The van der Waals surface area contributed by atoms with Gasteiger partial charge in [0.15, 0.2) is 0 Å².